The number of imide groups is 1. The lowest BCUT2D eigenvalue weighted by atomic mass is 9.83. The Labute approximate surface area is 257 Å². The summed E-state index contributed by atoms with van der Waals surface area (Å²) in [6, 6.07) is 16.5. The molecular weight excluding hydrogens is 674 g/mol. The van der Waals surface area contributed by atoms with Crippen LogP contribution in [0.3, 0.4) is 0 Å². The topological polar surface area (TPSA) is 88.5 Å². The normalized spacial score (nSPS) is 19.7. The van der Waals surface area contributed by atoms with Crippen LogP contribution in [0.4, 0.5) is 28.9 Å². The highest BCUT2D eigenvalue weighted by Crippen LogP contribution is 2.54. The van der Waals surface area contributed by atoms with Crippen LogP contribution < -0.4 is 15.1 Å². The smallest absolute Gasteiger partial charge is 0.324 e. The third-order valence-electron chi connectivity index (χ3n) is 7.17. The van der Waals surface area contributed by atoms with Crippen molar-refractivity contribution in [3.8, 4) is 0 Å². The van der Waals surface area contributed by atoms with Crippen LogP contribution in [0.5, 0.6) is 0 Å². The van der Waals surface area contributed by atoms with Gasteiger partial charge in [-0.3, -0.25) is 23.7 Å². The van der Waals surface area contributed by atoms with Crippen molar-refractivity contribution in [3.63, 3.8) is 0 Å². The van der Waals surface area contributed by atoms with Crippen molar-refractivity contribution in [1.29, 1.82) is 0 Å². The van der Waals surface area contributed by atoms with E-state index >= 15 is 0 Å². The summed E-state index contributed by atoms with van der Waals surface area (Å²) in [7, 11) is 0. The number of hydrogen-bond acceptors (Lipinski definition) is 6. The Kier molecular flexibility index (Phi) is 7.55. The lowest BCUT2D eigenvalue weighted by Gasteiger charge is -2.30. The molecule has 2 aliphatic heterocycles. The second kappa shape index (κ2) is 11.1. The number of benzene rings is 3. The molecule has 3 heterocycles. The van der Waals surface area contributed by atoms with E-state index in [4.69, 9.17) is 0 Å². The third-order valence-corrected chi connectivity index (χ3v) is 10.3. The van der Waals surface area contributed by atoms with Crippen molar-refractivity contribution >= 4 is 68.1 Å². The first kappa shape index (κ1) is 29.3. The lowest BCUT2D eigenvalue weighted by molar-refractivity contribution is -0.137. The predicted molar refractivity (Wildman–Crippen MR) is 157 cm³/mol. The van der Waals surface area contributed by atoms with E-state index in [0.29, 0.717) is 16.1 Å². The number of alkyl halides is 3. The minimum absolute atomic E-state index is 0.253. The van der Waals surface area contributed by atoms with Gasteiger partial charge in [0.05, 0.1) is 27.9 Å². The Hall–Kier alpha value is -3.75. The molecule has 3 aromatic carbocycles. The molecule has 220 valence electrons. The van der Waals surface area contributed by atoms with Crippen molar-refractivity contribution < 1.29 is 31.9 Å². The van der Waals surface area contributed by atoms with E-state index in [2.05, 4.69) is 21.2 Å². The monoisotopic (exact) mass is 691 g/mol. The number of nitrogens with one attached hydrogen (secondary N) is 1. The molecule has 1 fully saturated rings. The minimum atomic E-state index is -4.72. The highest BCUT2D eigenvalue weighted by atomic mass is 79.9. The zero-order chi connectivity index (χ0) is 30.6. The third kappa shape index (κ3) is 5.31. The fraction of sp³-hybridized carbons (Fsp3) is 0.172. The molecule has 43 heavy (non-hydrogen) atoms. The van der Waals surface area contributed by atoms with Crippen molar-refractivity contribution in [1.82, 2.24) is 4.57 Å². The summed E-state index contributed by atoms with van der Waals surface area (Å²) >= 11 is 5.07. The van der Waals surface area contributed by atoms with Gasteiger partial charge in [-0.25, -0.2) is 9.29 Å². The summed E-state index contributed by atoms with van der Waals surface area (Å²) in [5.74, 6) is -4.15. The number of nitrogens with zero attached hydrogens (tertiary/aromatic N) is 2. The summed E-state index contributed by atoms with van der Waals surface area (Å²) in [6.45, 7) is -0.629. The molecule has 0 radical (unpaired) electrons. The van der Waals surface area contributed by atoms with Gasteiger partial charge < -0.3 is 5.32 Å². The first-order valence-corrected chi connectivity index (χ1v) is 15.2. The Balaban J connectivity index is 1.39. The molecule has 3 atom stereocenters. The number of fused-ring (bicyclic) bond motifs is 2. The van der Waals surface area contributed by atoms with Gasteiger partial charge in [0, 0.05) is 15.3 Å². The Bertz CT molecular complexity index is 1820. The van der Waals surface area contributed by atoms with Crippen molar-refractivity contribution in [3.05, 3.63) is 109 Å². The number of thioether (sulfide) groups is 1. The number of halogens is 5. The van der Waals surface area contributed by atoms with Gasteiger partial charge in [0.2, 0.25) is 17.7 Å². The molecule has 0 spiro atoms. The fourth-order valence-electron chi connectivity index (χ4n) is 5.30. The second-order valence-electron chi connectivity index (χ2n) is 9.80. The van der Waals surface area contributed by atoms with Gasteiger partial charge in [0.1, 0.15) is 17.6 Å². The van der Waals surface area contributed by atoms with Crippen molar-refractivity contribution in [2.24, 2.45) is 5.92 Å². The molecule has 0 saturated carbocycles. The maximum Gasteiger partial charge on any atom is 0.418 e. The standard InChI is InChI=1S/C29H18BrF4N3O4S2/c30-15-7-11-17(12-8-15)37-25(39)22-21(14-5-9-16(31)10-6-14)24-27(42-23(22)26(37)40)36(28(41)43-24)13-20(38)35-19-4-2-1-3-18(19)29(32,33)34/h1-12,21-23H,13H2,(H,35,38)/t21-,22-,23+/m0/s1. The SMILES string of the molecule is O=C(Cn1c2c(sc1=O)[C@@H](c1ccc(F)cc1)[C@@H]1C(=O)N(c3ccc(Br)cc3)C(=O)[C@@H]1S2)Nc1ccccc1C(F)(F)F. The summed E-state index contributed by atoms with van der Waals surface area (Å²) in [5.41, 5.74) is -0.654. The van der Waals surface area contributed by atoms with Crippen LogP contribution in [0.2, 0.25) is 0 Å². The number of amides is 3. The van der Waals surface area contributed by atoms with E-state index in [1.54, 1.807) is 24.3 Å². The minimum Gasteiger partial charge on any atom is -0.324 e. The fourth-order valence-corrected chi connectivity index (χ4v) is 8.34. The quantitative estimate of drug-likeness (QED) is 0.197. The number of thiazole rings is 1. The van der Waals surface area contributed by atoms with Crippen LogP contribution in [0.15, 0.2) is 87.1 Å². The van der Waals surface area contributed by atoms with Crippen LogP contribution in [-0.4, -0.2) is 27.5 Å². The number of hydrogen-bond donors (Lipinski definition) is 1. The Morgan fingerprint density at radius 2 is 1.60 bits per heavy atom. The van der Waals surface area contributed by atoms with E-state index in [0.717, 1.165) is 49.2 Å². The highest BCUT2D eigenvalue weighted by Gasteiger charge is 2.56. The van der Waals surface area contributed by atoms with E-state index in [9.17, 15) is 36.7 Å². The van der Waals surface area contributed by atoms with Crippen LogP contribution in [0.1, 0.15) is 21.9 Å². The zero-order valence-electron chi connectivity index (χ0n) is 21.6. The number of aromatic nitrogens is 1. The van der Waals surface area contributed by atoms with Crippen LogP contribution >= 0.6 is 39.0 Å². The predicted octanol–water partition coefficient (Wildman–Crippen LogP) is 6.26. The van der Waals surface area contributed by atoms with E-state index < -0.39 is 69.5 Å². The Morgan fingerprint density at radius 3 is 2.28 bits per heavy atom. The van der Waals surface area contributed by atoms with Gasteiger partial charge in [-0.05, 0) is 54.1 Å². The molecule has 7 nitrogen and oxygen atoms in total. The van der Waals surface area contributed by atoms with Crippen LogP contribution in [0, 0.1) is 11.7 Å². The van der Waals surface area contributed by atoms with E-state index in [1.165, 1.54) is 36.4 Å². The van der Waals surface area contributed by atoms with Crippen LogP contribution in [-0.2, 0) is 27.1 Å². The number of anilines is 2. The first-order valence-electron chi connectivity index (χ1n) is 12.7. The number of carbonyl (C=O) groups excluding carboxylic acids is 3. The van der Waals surface area contributed by atoms with Gasteiger partial charge in [0.15, 0.2) is 0 Å². The van der Waals surface area contributed by atoms with Gasteiger partial charge in [-0.1, -0.05) is 63.3 Å². The lowest BCUT2D eigenvalue weighted by Crippen LogP contribution is -2.33. The summed E-state index contributed by atoms with van der Waals surface area (Å²) in [4.78, 5) is 54.7. The molecule has 1 saturated heterocycles. The van der Waals surface area contributed by atoms with Gasteiger partial charge in [0.25, 0.3) is 0 Å². The van der Waals surface area contributed by atoms with Crippen molar-refractivity contribution in [2.75, 3.05) is 10.2 Å². The number of carbonyl (C=O) groups is 3. The van der Waals surface area contributed by atoms with Gasteiger partial charge in [-0.15, -0.1) is 0 Å². The molecule has 0 bridgehead atoms. The molecule has 0 unspecified atom stereocenters. The van der Waals surface area contributed by atoms with E-state index in [1.807, 2.05) is 0 Å². The molecule has 3 amide bonds. The van der Waals surface area contributed by atoms with Gasteiger partial charge >= 0.3 is 11.0 Å². The zero-order valence-corrected chi connectivity index (χ0v) is 24.8. The molecule has 6 rings (SSSR count). The van der Waals surface area contributed by atoms with E-state index in [-0.39, 0.29) is 5.03 Å². The van der Waals surface area contributed by atoms with Crippen LogP contribution in [0.25, 0.3) is 0 Å². The number of para-hydroxylation sites is 1. The average molecular weight is 693 g/mol. The maximum atomic E-state index is 13.9. The molecule has 4 aromatic rings. The average Bonchev–Trinajstić information content (AvgIpc) is 3.40. The molecule has 1 aromatic heterocycles. The summed E-state index contributed by atoms with van der Waals surface area (Å²) < 4.78 is 56.1. The summed E-state index contributed by atoms with van der Waals surface area (Å²) in [6.07, 6.45) is -4.72. The van der Waals surface area contributed by atoms with Gasteiger partial charge in [-0.2, -0.15) is 13.2 Å². The largest absolute Gasteiger partial charge is 0.418 e. The maximum absolute atomic E-state index is 13.9. The summed E-state index contributed by atoms with van der Waals surface area (Å²) in [5, 5.41) is 1.51. The van der Waals surface area contributed by atoms with Crippen molar-refractivity contribution in [2.45, 2.75) is 28.9 Å². The first-order chi connectivity index (χ1) is 20.4. The molecule has 1 N–H and O–H groups in total. The molecular formula is C29H18BrF4N3O4S2. The molecule has 14 heteroatoms. The number of rotatable bonds is 5. The highest BCUT2D eigenvalue weighted by molar-refractivity contribution is 9.10. The molecule has 0 aliphatic carbocycles. The second-order valence-corrected chi connectivity index (χ2v) is 12.8. The Morgan fingerprint density at radius 1 is 0.930 bits per heavy atom. The molecule has 2 aliphatic rings.